The fraction of sp³-hybridized carbons (Fsp3) is 1.00. The molecule has 0 aliphatic rings. The quantitative estimate of drug-likeness (QED) is 0.477. The molecule has 3 nitrogen and oxygen atoms in total. The number of hydrogen-bond donors (Lipinski definition) is 0. The van der Waals surface area contributed by atoms with Gasteiger partial charge in [-0.3, -0.25) is 0 Å². The van der Waals surface area contributed by atoms with Crippen LogP contribution in [-0.2, 0) is 13.3 Å². The summed E-state index contributed by atoms with van der Waals surface area (Å²) >= 11 is 5.69. The zero-order chi connectivity index (χ0) is 10.2. The van der Waals surface area contributed by atoms with Crippen LogP contribution in [0.3, 0.4) is 0 Å². The summed E-state index contributed by atoms with van der Waals surface area (Å²) < 4.78 is 16.7. The monoisotopic (exact) mass is 258 g/mol. The van der Waals surface area contributed by atoms with E-state index in [2.05, 4.69) is 0 Å². The van der Waals surface area contributed by atoms with Gasteiger partial charge in [-0.25, -0.2) is 0 Å². The summed E-state index contributed by atoms with van der Waals surface area (Å²) in [6, 6.07) is 0.685. The van der Waals surface area contributed by atoms with Crippen LogP contribution in [0.25, 0.3) is 0 Å². The second-order valence-corrected chi connectivity index (χ2v) is 5.53. The Labute approximate surface area is 97.5 Å². The second kappa shape index (κ2) is 10.1. The molecule has 0 aromatic heterocycles. The van der Waals surface area contributed by atoms with E-state index >= 15 is 0 Å². The largest absolute Gasteiger partial charge is 0.502 e. The van der Waals surface area contributed by atoms with Crippen molar-refractivity contribution >= 4 is 31.4 Å². The minimum atomic E-state index is -2.43. The van der Waals surface area contributed by atoms with E-state index in [9.17, 15) is 0 Å². The van der Waals surface area contributed by atoms with Gasteiger partial charge in [0.25, 0.3) is 0 Å². The number of hydrogen-bond acceptors (Lipinski definition) is 3. The Hall–Kier alpha value is 0.604. The van der Waals surface area contributed by atoms with Crippen molar-refractivity contribution in [2.45, 2.75) is 26.8 Å². The fourth-order valence-electron chi connectivity index (χ4n) is 1.12. The van der Waals surface area contributed by atoms with Gasteiger partial charge < -0.3 is 13.3 Å². The lowest BCUT2D eigenvalue weighted by Gasteiger charge is -2.27. The highest BCUT2D eigenvalue weighted by molar-refractivity contribution is 6.61. The number of halogens is 1. The number of alkyl halides is 1. The molecule has 0 N–H and O–H groups in total. The van der Waals surface area contributed by atoms with E-state index in [1.165, 1.54) is 0 Å². The predicted molar refractivity (Wildman–Crippen MR) is 67.5 cm³/mol. The van der Waals surface area contributed by atoms with E-state index in [1.54, 1.807) is 0 Å². The van der Waals surface area contributed by atoms with Gasteiger partial charge in [-0.05, 0) is 31.7 Å². The van der Waals surface area contributed by atoms with Crippen LogP contribution in [0.5, 0.6) is 0 Å². The third-order valence-electron chi connectivity index (χ3n) is 1.49. The first-order valence-corrected chi connectivity index (χ1v) is 7.19. The van der Waals surface area contributed by atoms with Gasteiger partial charge in [0, 0.05) is 31.7 Å². The lowest BCUT2D eigenvalue weighted by molar-refractivity contribution is 0.0728. The van der Waals surface area contributed by atoms with Crippen molar-refractivity contribution in [3.05, 3.63) is 0 Å². The van der Waals surface area contributed by atoms with E-state index in [0.717, 1.165) is 0 Å². The zero-order valence-corrected chi connectivity index (χ0v) is 10.4. The maximum Gasteiger partial charge on any atom is 0.502 e. The SMILES string of the molecule is CCO[Si](CCCl)(OCC)OCC.[SiH4]. The van der Waals surface area contributed by atoms with Gasteiger partial charge in [-0.1, -0.05) is 0 Å². The van der Waals surface area contributed by atoms with E-state index in [0.29, 0.717) is 31.7 Å². The lowest BCUT2D eigenvalue weighted by Crippen LogP contribution is -2.46. The Morgan fingerprint density at radius 2 is 1.29 bits per heavy atom. The first-order valence-electron chi connectivity index (χ1n) is 4.72. The van der Waals surface area contributed by atoms with Gasteiger partial charge in [0.2, 0.25) is 0 Å². The van der Waals surface area contributed by atoms with Crippen LogP contribution in [0.1, 0.15) is 20.8 Å². The number of rotatable bonds is 8. The van der Waals surface area contributed by atoms with E-state index in [-0.39, 0.29) is 11.0 Å². The molecule has 14 heavy (non-hydrogen) atoms. The summed E-state index contributed by atoms with van der Waals surface area (Å²) in [5.74, 6) is 0.520. The fourth-order valence-corrected chi connectivity index (χ4v) is 4.05. The minimum absolute atomic E-state index is 0. The van der Waals surface area contributed by atoms with E-state index in [1.807, 2.05) is 20.8 Å². The van der Waals surface area contributed by atoms with Gasteiger partial charge in [0.05, 0.1) is 0 Å². The summed E-state index contributed by atoms with van der Waals surface area (Å²) in [6.07, 6.45) is 0. The van der Waals surface area contributed by atoms with Crippen LogP contribution < -0.4 is 0 Å². The molecule has 0 aliphatic heterocycles. The highest BCUT2D eigenvalue weighted by atomic mass is 35.5. The maximum atomic E-state index is 5.69. The van der Waals surface area contributed by atoms with Crippen molar-refractivity contribution in [2.24, 2.45) is 0 Å². The normalized spacial score (nSPS) is 11.1. The van der Waals surface area contributed by atoms with E-state index in [4.69, 9.17) is 24.9 Å². The van der Waals surface area contributed by atoms with Crippen LogP contribution in [-0.4, -0.2) is 45.5 Å². The van der Waals surface area contributed by atoms with E-state index < -0.39 is 8.80 Å². The molecule has 88 valence electrons. The molecule has 0 amide bonds. The summed E-state index contributed by atoms with van der Waals surface area (Å²) in [7, 11) is -2.43. The summed E-state index contributed by atoms with van der Waals surface area (Å²) in [4.78, 5) is 0. The van der Waals surface area contributed by atoms with Crippen molar-refractivity contribution in [3.8, 4) is 0 Å². The van der Waals surface area contributed by atoms with Gasteiger partial charge in [-0.2, -0.15) is 0 Å². The molecule has 0 fully saturated rings. The summed E-state index contributed by atoms with van der Waals surface area (Å²) in [5.41, 5.74) is 0. The minimum Gasteiger partial charge on any atom is -0.374 e. The second-order valence-electron chi connectivity index (χ2n) is 2.42. The molecule has 0 aliphatic carbocycles. The van der Waals surface area contributed by atoms with Crippen molar-refractivity contribution in [3.63, 3.8) is 0 Å². The lowest BCUT2D eigenvalue weighted by atomic mass is 10.9. The standard InChI is InChI=1S/C8H19ClO3Si.H4Si/c1-4-10-13(8-7-9,11-5-2)12-6-3;/h4-8H2,1-3H3;1H4. The molecule has 0 unspecified atom stereocenters. The highest BCUT2D eigenvalue weighted by Gasteiger charge is 2.39. The molecule has 0 spiro atoms. The Balaban J connectivity index is 0. The first-order chi connectivity index (χ1) is 6.24. The van der Waals surface area contributed by atoms with Gasteiger partial charge >= 0.3 is 8.80 Å². The highest BCUT2D eigenvalue weighted by Crippen LogP contribution is 2.16. The average Bonchev–Trinajstić information content (AvgIpc) is 2.06. The van der Waals surface area contributed by atoms with Crippen LogP contribution in [0, 0.1) is 0 Å². The van der Waals surface area contributed by atoms with Crippen LogP contribution >= 0.6 is 11.6 Å². The summed E-state index contributed by atoms with van der Waals surface area (Å²) in [5, 5.41) is 0. The van der Waals surface area contributed by atoms with Crippen molar-refractivity contribution < 1.29 is 13.3 Å². The molecule has 0 bridgehead atoms. The Bertz CT molecular complexity index is 97.6. The molecule has 0 aromatic rings. The Kier molecular flexibility index (Phi) is 12.3. The Morgan fingerprint density at radius 1 is 0.929 bits per heavy atom. The van der Waals surface area contributed by atoms with Crippen molar-refractivity contribution in [2.75, 3.05) is 25.7 Å². The van der Waals surface area contributed by atoms with Crippen LogP contribution in [0.4, 0.5) is 0 Å². The first kappa shape index (κ1) is 17.0. The molecule has 0 atom stereocenters. The van der Waals surface area contributed by atoms with Gasteiger partial charge in [-0.15, -0.1) is 11.6 Å². The molecular formula is C8H23ClO3Si2. The molecule has 0 heterocycles. The smallest absolute Gasteiger partial charge is 0.374 e. The topological polar surface area (TPSA) is 27.7 Å². The third-order valence-corrected chi connectivity index (χ3v) is 5.05. The zero-order valence-electron chi connectivity index (χ0n) is 8.64. The third kappa shape index (κ3) is 6.16. The van der Waals surface area contributed by atoms with Crippen molar-refractivity contribution in [1.82, 2.24) is 0 Å². The molecule has 0 radical (unpaired) electrons. The molecule has 0 saturated carbocycles. The summed E-state index contributed by atoms with van der Waals surface area (Å²) in [6.45, 7) is 7.66. The van der Waals surface area contributed by atoms with Gasteiger partial charge in [0.15, 0.2) is 0 Å². The molecule has 6 heteroatoms. The average molecular weight is 259 g/mol. The maximum absolute atomic E-state index is 5.69. The molecule has 0 aromatic carbocycles. The Morgan fingerprint density at radius 3 is 1.50 bits per heavy atom. The molecule has 0 rings (SSSR count). The van der Waals surface area contributed by atoms with Crippen LogP contribution in [0.15, 0.2) is 0 Å². The van der Waals surface area contributed by atoms with Crippen LogP contribution in [0.2, 0.25) is 6.04 Å². The molecular weight excluding hydrogens is 236 g/mol. The van der Waals surface area contributed by atoms with Crippen molar-refractivity contribution in [1.29, 1.82) is 0 Å². The van der Waals surface area contributed by atoms with Gasteiger partial charge in [0.1, 0.15) is 0 Å². The predicted octanol–water partition coefficient (Wildman–Crippen LogP) is 0.822. The molecule has 0 saturated heterocycles.